The van der Waals surface area contributed by atoms with Gasteiger partial charge in [-0.2, -0.15) is 0 Å². The maximum Gasteiger partial charge on any atom is 0.145 e. The Kier molecular flexibility index (Phi) is 5.78. The highest BCUT2D eigenvalue weighted by atomic mass is 32.1. The van der Waals surface area contributed by atoms with Crippen LogP contribution < -0.4 is 4.90 Å². The van der Waals surface area contributed by atoms with E-state index in [1.54, 1.807) is 0 Å². The van der Waals surface area contributed by atoms with Crippen LogP contribution in [0.15, 0.2) is 168 Å². The molecule has 10 rings (SSSR count). The molecule has 0 aliphatic heterocycles. The Labute approximate surface area is 275 Å². The molecule has 0 spiro atoms. The van der Waals surface area contributed by atoms with Crippen molar-refractivity contribution >= 4 is 92.1 Å². The summed E-state index contributed by atoms with van der Waals surface area (Å²) in [6.07, 6.45) is 0. The number of hydrogen-bond acceptors (Lipinski definition) is 3. The highest BCUT2D eigenvalue weighted by Crippen LogP contribution is 2.50. The van der Waals surface area contributed by atoms with Gasteiger partial charge < -0.3 is 9.32 Å². The van der Waals surface area contributed by atoms with Crippen LogP contribution in [0.1, 0.15) is 0 Å². The lowest BCUT2D eigenvalue weighted by molar-refractivity contribution is 0.670. The molecule has 47 heavy (non-hydrogen) atoms. The molecule has 8 aromatic carbocycles. The number of nitrogens with zero attached hydrogens (tertiary/aromatic N) is 1. The Morgan fingerprint density at radius 1 is 0.447 bits per heavy atom. The molecule has 0 bridgehead atoms. The van der Waals surface area contributed by atoms with Crippen molar-refractivity contribution in [3.8, 4) is 11.1 Å². The van der Waals surface area contributed by atoms with Gasteiger partial charge in [-0.3, -0.25) is 0 Å². The number of furan rings is 1. The van der Waals surface area contributed by atoms with Crippen LogP contribution in [0.3, 0.4) is 0 Å². The number of hydrogen-bond donors (Lipinski definition) is 0. The maximum atomic E-state index is 6.75. The van der Waals surface area contributed by atoms with Crippen molar-refractivity contribution in [3.05, 3.63) is 164 Å². The second-order valence-corrected chi connectivity index (χ2v) is 13.2. The Morgan fingerprint density at radius 2 is 1.13 bits per heavy atom. The predicted octanol–water partition coefficient (Wildman–Crippen LogP) is 13.4. The number of benzene rings is 8. The van der Waals surface area contributed by atoms with Crippen molar-refractivity contribution in [3.63, 3.8) is 0 Å². The van der Waals surface area contributed by atoms with Crippen molar-refractivity contribution in [1.29, 1.82) is 0 Å². The molecule has 0 saturated carbocycles. The fourth-order valence-corrected chi connectivity index (χ4v) is 8.45. The lowest BCUT2D eigenvalue weighted by atomic mass is 9.98. The first-order valence-corrected chi connectivity index (χ1v) is 16.7. The quantitative estimate of drug-likeness (QED) is 0.183. The van der Waals surface area contributed by atoms with Crippen molar-refractivity contribution in [1.82, 2.24) is 0 Å². The van der Waals surface area contributed by atoms with Crippen molar-refractivity contribution in [2.45, 2.75) is 0 Å². The minimum atomic E-state index is 0.885. The second kappa shape index (κ2) is 10.3. The molecule has 3 heteroatoms. The SMILES string of the molecule is c1ccc(-c2ccc(N(c3ccc4ccc5ccccc5c4c3)c3cccc4sc5ccccc5c34)c3c2oc2ccccc23)cc1. The van der Waals surface area contributed by atoms with Crippen LogP contribution in [0.2, 0.25) is 0 Å². The number of anilines is 3. The Bertz CT molecular complexity index is 2810. The molecule has 220 valence electrons. The minimum Gasteiger partial charge on any atom is -0.455 e. The zero-order chi connectivity index (χ0) is 30.9. The number of rotatable bonds is 4. The molecule has 0 saturated heterocycles. The summed E-state index contributed by atoms with van der Waals surface area (Å²) in [5, 5.41) is 9.71. The molecule has 0 aliphatic carbocycles. The van der Waals surface area contributed by atoms with Crippen LogP contribution in [0.5, 0.6) is 0 Å². The van der Waals surface area contributed by atoms with Gasteiger partial charge in [0, 0.05) is 36.8 Å². The summed E-state index contributed by atoms with van der Waals surface area (Å²) in [5.41, 5.74) is 7.35. The molecule has 0 N–H and O–H groups in total. The highest BCUT2D eigenvalue weighted by Gasteiger charge is 2.24. The van der Waals surface area contributed by atoms with Gasteiger partial charge in [0.2, 0.25) is 0 Å². The van der Waals surface area contributed by atoms with Crippen LogP contribution in [0.4, 0.5) is 17.1 Å². The summed E-state index contributed by atoms with van der Waals surface area (Å²) in [7, 11) is 0. The van der Waals surface area contributed by atoms with Gasteiger partial charge in [-0.1, -0.05) is 115 Å². The monoisotopic (exact) mass is 617 g/mol. The minimum absolute atomic E-state index is 0.885. The van der Waals surface area contributed by atoms with E-state index in [1.807, 2.05) is 11.3 Å². The van der Waals surface area contributed by atoms with E-state index in [-0.39, 0.29) is 0 Å². The third-order valence-electron chi connectivity index (χ3n) is 9.44. The van der Waals surface area contributed by atoms with Crippen molar-refractivity contribution in [2.75, 3.05) is 4.90 Å². The Hall–Kier alpha value is -5.90. The van der Waals surface area contributed by atoms with Gasteiger partial charge in [0.05, 0.1) is 16.8 Å². The molecule has 0 unspecified atom stereocenters. The molecule has 2 nitrogen and oxygen atoms in total. The summed E-state index contributed by atoms with van der Waals surface area (Å²) >= 11 is 1.85. The van der Waals surface area contributed by atoms with Gasteiger partial charge in [0.25, 0.3) is 0 Å². The summed E-state index contributed by atoms with van der Waals surface area (Å²) in [5.74, 6) is 0. The highest BCUT2D eigenvalue weighted by molar-refractivity contribution is 7.26. The van der Waals surface area contributed by atoms with E-state index in [1.165, 1.54) is 41.7 Å². The summed E-state index contributed by atoms with van der Waals surface area (Å²) in [6.45, 7) is 0. The van der Waals surface area contributed by atoms with E-state index in [2.05, 4.69) is 169 Å². The average Bonchev–Trinajstić information content (AvgIpc) is 3.72. The normalized spacial score (nSPS) is 11.8. The van der Waals surface area contributed by atoms with E-state index < -0.39 is 0 Å². The van der Waals surface area contributed by atoms with Crippen molar-refractivity contribution < 1.29 is 4.42 Å². The first-order valence-electron chi connectivity index (χ1n) is 15.9. The van der Waals surface area contributed by atoms with Gasteiger partial charge >= 0.3 is 0 Å². The lowest BCUT2D eigenvalue weighted by Crippen LogP contribution is -2.11. The molecule has 2 heterocycles. The number of para-hydroxylation sites is 1. The van der Waals surface area contributed by atoms with Crippen LogP contribution in [0, 0.1) is 0 Å². The van der Waals surface area contributed by atoms with Gasteiger partial charge in [0.15, 0.2) is 0 Å². The summed E-state index contributed by atoms with van der Waals surface area (Å²) in [6, 6.07) is 59.0. The maximum absolute atomic E-state index is 6.75. The largest absolute Gasteiger partial charge is 0.455 e. The zero-order valence-electron chi connectivity index (χ0n) is 25.4. The molecule has 2 aromatic heterocycles. The fourth-order valence-electron chi connectivity index (χ4n) is 7.32. The Balaban J connectivity index is 1.35. The van der Waals surface area contributed by atoms with Crippen LogP contribution >= 0.6 is 11.3 Å². The van der Waals surface area contributed by atoms with Crippen LogP contribution in [-0.4, -0.2) is 0 Å². The first-order chi connectivity index (χ1) is 23.3. The smallest absolute Gasteiger partial charge is 0.145 e. The van der Waals surface area contributed by atoms with Crippen LogP contribution in [-0.2, 0) is 0 Å². The first kappa shape index (κ1) is 26.3. The van der Waals surface area contributed by atoms with Gasteiger partial charge in [-0.05, 0) is 75.6 Å². The van der Waals surface area contributed by atoms with E-state index in [0.29, 0.717) is 0 Å². The molecule has 0 aliphatic rings. The number of fused-ring (bicyclic) bond motifs is 9. The van der Waals surface area contributed by atoms with Gasteiger partial charge in [-0.15, -0.1) is 11.3 Å². The molecular weight excluding hydrogens is 591 g/mol. The van der Waals surface area contributed by atoms with Gasteiger partial charge in [-0.25, -0.2) is 0 Å². The Morgan fingerprint density at radius 3 is 2.02 bits per heavy atom. The topological polar surface area (TPSA) is 16.4 Å². The summed E-state index contributed by atoms with van der Waals surface area (Å²) in [4.78, 5) is 2.46. The van der Waals surface area contributed by atoms with Gasteiger partial charge in [0.1, 0.15) is 11.2 Å². The van der Waals surface area contributed by atoms with E-state index in [4.69, 9.17) is 4.42 Å². The fraction of sp³-hybridized carbons (Fsp3) is 0. The second-order valence-electron chi connectivity index (χ2n) is 12.1. The average molecular weight is 618 g/mol. The van der Waals surface area contributed by atoms with E-state index >= 15 is 0 Å². The number of thiophene rings is 1. The molecular formula is C44H27NOS. The van der Waals surface area contributed by atoms with Crippen molar-refractivity contribution in [2.24, 2.45) is 0 Å². The zero-order valence-corrected chi connectivity index (χ0v) is 26.2. The molecule has 0 atom stereocenters. The molecule has 0 amide bonds. The molecule has 10 aromatic rings. The standard InChI is InChI=1S/C44H27NOS/c1-2-11-28(12-3-1)33-25-26-38(43-34-15-6-8-18-39(34)46-44(33)43)45(37-17-10-20-41-42(37)35-16-7-9-19-40(35)47-41)31-24-23-30-22-21-29-13-4-5-14-32(29)36(30)27-31/h1-27H. The van der Waals surface area contributed by atoms with E-state index in [0.717, 1.165) is 50.1 Å². The molecule has 0 radical (unpaired) electrons. The lowest BCUT2D eigenvalue weighted by Gasteiger charge is -2.28. The summed E-state index contributed by atoms with van der Waals surface area (Å²) < 4.78 is 9.31. The third-order valence-corrected chi connectivity index (χ3v) is 10.6. The van der Waals surface area contributed by atoms with Crippen LogP contribution in [0.25, 0.3) is 74.8 Å². The third kappa shape index (κ3) is 4.04. The van der Waals surface area contributed by atoms with E-state index in [9.17, 15) is 0 Å². The molecule has 0 fully saturated rings. The predicted molar refractivity (Wildman–Crippen MR) is 202 cm³/mol.